The number of methoxy groups -OCH3 is 2. The van der Waals surface area contributed by atoms with Gasteiger partial charge in [-0.15, -0.1) is 6.42 Å². The van der Waals surface area contributed by atoms with Gasteiger partial charge in [-0.1, -0.05) is 178 Å². The molecule has 9 rings (SSSR count). The smallest absolute Gasteiger partial charge is 0.312 e. The van der Waals surface area contributed by atoms with E-state index in [0.717, 1.165) is 52.6 Å². The van der Waals surface area contributed by atoms with Gasteiger partial charge in [-0.25, -0.2) is 4.98 Å². The normalized spacial score (nSPS) is 16.8. The van der Waals surface area contributed by atoms with Gasteiger partial charge in [-0.05, 0) is 64.1 Å². The molecule has 1 fully saturated rings. The molecule has 0 bridgehead atoms. The summed E-state index contributed by atoms with van der Waals surface area (Å²) in [5, 5.41) is 3.68. The fourth-order valence-electron chi connectivity index (χ4n) is 9.69. The highest BCUT2D eigenvalue weighted by Gasteiger charge is 2.55. The number of carbonyl (C=O) groups excluding carboxylic acids is 1. The number of hydrogen-bond donors (Lipinski definition) is 1. The second kappa shape index (κ2) is 21.4. The molecule has 8 aromatic rings. The Bertz CT molecular complexity index is 2980. The Labute approximate surface area is 414 Å². The number of hydrogen-bond acceptors (Lipinski definition) is 10. The van der Waals surface area contributed by atoms with E-state index in [1.807, 2.05) is 170 Å². The molecule has 0 amide bonds. The summed E-state index contributed by atoms with van der Waals surface area (Å²) in [7, 11) is 3.24. The van der Waals surface area contributed by atoms with Crippen molar-refractivity contribution in [1.29, 1.82) is 0 Å². The molecule has 0 radical (unpaired) electrons. The lowest BCUT2D eigenvalue weighted by Gasteiger charge is -2.41. The summed E-state index contributed by atoms with van der Waals surface area (Å²) in [5.74, 6) is 3.98. The van der Waals surface area contributed by atoms with Gasteiger partial charge in [0, 0.05) is 12.8 Å². The van der Waals surface area contributed by atoms with Gasteiger partial charge < -0.3 is 29.0 Å². The maximum absolute atomic E-state index is 16.3. The first kappa shape index (κ1) is 48.2. The van der Waals surface area contributed by atoms with Crippen LogP contribution in [0.5, 0.6) is 11.5 Å². The Kier molecular flexibility index (Phi) is 14.5. The van der Waals surface area contributed by atoms with Crippen molar-refractivity contribution < 1.29 is 32.9 Å². The van der Waals surface area contributed by atoms with Gasteiger partial charge >= 0.3 is 12.0 Å². The molecule has 3 atom stereocenters. The van der Waals surface area contributed by atoms with Crippen LogP contribution >= 0.6 is 0 Å². The molecule has 11 nitrogen and oxygen atoms in total. The molecule has 0 unspecified atom stereocenters. The summed E-state index contributed by atoms with van der Waals surface area (Å²) in [6.45, 7) is 1.80. The third-order valence-electron chi connectivity index (χ3n) is 13.3. The van der Waals surface area contributed by atoms with E-state index in [-0.39, 0.29) is 36.4 Å². The molecule has 12 heteroatoms. The van der Waals surface area contributed by atoms with E-state index in [2.05, 4.69) is 28.1 Å². The minimum atomic E-state index is -1.65. The molecule has 71 heavy (non-hydrogen) atoms. The predicted molar refractivity (Wildman–Crippen MR) is 271 cm³/mol. The molecule has 1 aliphatic rings. The first-order valence-electron chi connectivity index (χ1n) is 24.0. The minimum Gasteiger partial charge on any atom is -0.497 e. The summed E-state index contributed by atoms with van der Waals surface area (Å²) in [4.78, 5) is 27.1. The Morgan fingerprint density at radius 1 is 0.732 bits per heavy atom. The Morgan fingerprint density at radius 3 is 1.76 bits per heavy atom. The molecule has 0 aliphatic carbocycles. The Hall–Kier alpha value is -7.85. The van der Waals surface area contributed by atoms with Crippen LogP contribution in [0.15, 0.2) is 176 Å². The number of ether oxygens (including phenoxy) is 5. The average Bonchev–Trinajstić information content (AvgIpc) is 4.02. The SMILES string of the molecule is C#C[C@]1(COC(=O)CCCCCC)O[C@@H](n2cnc3c(NC(c4ccccc4)(c4ccccc4)c4ccc(OC)cc4)nc(F)nc32)C[C@@H]1OC(c1ccccc1)(c1ccccc1)c1ccc(OC)cc1. The lowest BCUT2D eigenvalue weighted by Crippen LogP contribution is -2.49. The Morgan fingerprint density at radius 2 is 1.24 bits per heavy atom. The molecule has 2 aromatic heterocycles. The lowest BCUT2D eigenvalue weighted by molar-refractivity contribution is -0.165. The number of fused-ring (bicyclic) bond motifs is 1. The quantitative estimate of drug-likeness (QED) is 0.0260. The molecule has 360 valence electrons. The summed E-state index contributed by atoms with van der Waals surface area (Å²) in [6.07, 6.45) is 9.20. The minimum absolute atomic E-state index is 0.111. The summed E-state index contributed by atoms with van der Waals surface area (Å²) in [5.41, 5.74) is 1.32. The first-order valence-corrected chi connectivity index (χ1v) is 24.0. The third-order valence-corrected chi connectivity index (χ3v) is 13.3. The van der Waals surface area contributed by atoms with E-state index >= 15 is 4.39 Å². The summed E-state index contributed by atoms with van der Waals surface area (Å²) < 4.78 is 49.8. The van der Waals surface area contributed by atoms with E-state index in [9.17, 15) is 4.79 Å². The molecular weight excluding hydrogens is 894 g/mol. The third kappa shape index (κ3) is 9.59. The number of imidazole rings is 1. The largest absolute Gasteiger partial charge is 0.497 e. The topological polar surface area (TPSA) is 119 Å². The number of nitrogens with one attached hydrogen (secondary N) is 1. The molecule has 1 aliphatic heterocycles. The highest BCUT2D eigenvalue weighted by Crippen LogP contribution is 2.49. The van der Waals surface area contributed by atoms with Crippen molar-refractivity contribution in [2.45, 2.75) is 74.5 Å². The van der Waals surface area contributed by atoms with Crippen LogP contribution in [0.2, 0.25) is 0 Å². The molecule has 0 spiro atoms. The highest BCUT2D eigenvalue weighted by molar-refractivity contribution is 5.84. The molecule has 1 N–H and O–H groups in total. The van der Waals surface area contributed by atoms with Gasteiger partial charge in [-0.3, -0.25) is 9.36 Å². The van der Waals surface area contributed by atoms with Gasteiger partial charge in [0.25, 0.3) is 0 Å². The second-order valence-electron chi connectivity index (χ2n) is 17.6. The number of benzene rings is 6. The lowest BCUT2D eigenvalue weighted by atomic mass is 9.77. The molecule has 0 saturated carbocycles. The zero-order valence-corrected chi connectivity index (χ0v) is 40.0. The van der Waals surface area contributed by atoms with Crippen LogP contribution in [0.25, 0.3) is 11.2 Å². The van der Waals surface area contributed by atoms with E-state index in [1.165, 1.54) is 0 Å². The van der Waals surface area contributed by atoms with E-state index < -0.39 is 41.1 Å². The Balaban J connectivity index is 1.17. The van der Waals surface area contributed by atoms with Crippen molar-refractivity contribution in [2.24, 2.45) is 0 Å². The monoisotopic (exact) mass is 949 g/mol. The number of aromatic nitrogens is 4. The maximum Gasteiger partial charge on any atom is 0.312 e. The highest BCUT2D eigenvalue weighted by atomic mass is 19.1. The van der Waals surface area contributed by atoms with Crippen molar-refractivity contribution >= 4 is 23.0 Å². The maximum atomic E-state index is 16.3. The van der Waals surface area contributed by atoms with Gasteiger partial charge in [0.1, 0.15) is 41.6 Å². The zero-order valence-electron chi connectivity index (χ0n) is 40.0. The van der Waals surface area contributed by atoms with Crippen molar-refractivity contribution in [3.05, 3.63) is 216 Å². The standard InChI is InChI=1S/C59H56FN5O6/c1-5-7-8-21-30-52(66)69-40-57(6-2)50(70-59(45-26-17-11-18-27-45,46-28-19-12-20-29-46)47-33-37-49(68-4)38-34-47)39-51(71-57)65-41-61-53-54(62-56(60)63-55(53)65)64-58(42-22-13-9-14-23-42,43-24-15-10-16-25-43)44-31-35-48(67-3)36-32-44/h2,9-20,22-29,31-38,41,50-51H,5,7-8,21,30,39-40H2,1,3-4H3,(H,62,63,64)/t50-,51+,57+/m0/s1. The van der Waals surface area contributed by atoms with Crippen LogP contribution in [-0.2, 0) is 30.1 Å². The van der Waals surface area contributed by atoms with Crippen LogP contribution in [0, 0.1) is 18.4 Å². The fraction of sp³-hybridized carbons (Fsp3) is 0.254. The number of carbonyl (C=O) groups is 1. The second-order valence-corrected chi connectivity index (χ2v) is 17.6. The van der Waals surface area contributed by atoms with Crippen molar-refractivity contribution in [1.82, 2.24) is 19.5 Å². The van der Waals surface area contributed by atoms with Crippen LogP contribution in [-0.4, -0.2) is 58.0 Å². The molecule has 3 heterocycles. The average molecular weight is 950 g/mol. The fourth-order valence-corrected chi connectivity index (χ4v) is 9.69. The number of rotatable bonds is 20. The predicted octanol–water partition coefficient (Wildman–Crippen LogP) is 11.6. The molecule has 1 saturated heterocycles. The van der Waals surface area contributed by atoms with Crippen LogP contribution < -0.4 is 14.8 Å². The number of terminal acetylenes is 1. The van der Waals surface area contributed by atoms with E-state index in [0.29, 0.717) is 17.9 Å². The number of anilines is 1. The van der Waals surface area contributed by atoms with Gasteiger partial charge in [0.2, 0.25) is 0 Å². The van der Waals surface area contributed by atoms with Crippen molar-refractivity contribution in [2.75, 3.05) is 26.1 Å². The van der Waals surface area contributed by atoms with Crippen molar-refractivity contribution in [3.8, 4) is 23.8 Å². The van der Waals surface area contributed by atoms with Gasteiger partial charge in [-0.2, -0.15) is 14.4 Å². The summed E-state index contributed by atoms with van der Waals surface area (Å²) in [6, 6.07) is 55.0. The van der Waals surface area contributed by atoms with E-state index in [1.54, 1.807) is 25.1 Å². The van der Waals surface area contributed by atoms with E-state index in [4.69, 9.17) is 35.1 Å². The first-order chi connectivity index (χ1) is 34.8. The van der Waals surface area contributed by atoms with Crippen LogP contribution in [0.1, 0.15) is 85.1 Å². The summed E-state index contributed by atoms with van der Waals surface area (Å²) >= 11 is 0. The van der Waals surface area contributed by atoms with Crippen molar-refractivity contribution in [3.63, 3.8) is 0 Å². The number of halogens is 1. The van der Waals surface area contributed by atoms with Gasteiger partial charge in [0.15, 0.2) is 22.6 Å². The molecular formula is C59H56FN5O6. The zero-order chi connectivity index (χ0) is 49.3. The number of esters is 1. The molecule has 6 aromatic carbocycles. The number of nitrogens with zero attached hydrogens (tertiary/aromatic N) is 4. The van der Waals surface area contributed by atoms with Crippen LogP contribution in [0.4, 0.5) is 10.2 Å². The van der Waals surface area contributed by atoms with Gasteiger partial charge in [0.05, 0.1) is 20.5 Å². The number of unbranched alkanes of at least 4 members (excludes halogenated alkanes) is 3. The van der Waals surface area contributed by atoms with Crippen LogP contribution in [0.3, 0.4) is 0 Å².